The molecule has 0 saturated carbocycles. The lowest BCUT2D eigenvalue weighted by atomic mass is 10.1. The van der Waals surface area contributed by atoms with Gasteiger partial charge in [-0.15, -0.1) is 0 Å². The van der Waals surface area contributed by atoms with Gasteiger partial charge >= 0.3 is 0 Å². The van der Waals surface area contributed by atoms with Crippen molar-refractivity contribution in [2.75, 3.05) is 6.61 Å². The van der Waals surface area contributed by atoms with Gasteiger partial charge < -0.3 is 15.6 Å². The lowest BCUT2D eigenvalue weighted by molar-refractivity contribution is -0.134. The number of nitrogens with two attached hydrogens (primary N) is 1. The first kappa shape index (κ1) is 6.01. The second-order valence-corrected chi connectivity index (χ2v) is 2.07. The molecule has 0 spiro atoms. The van der Waals surface area contributed by atoms with Gasteiger partial charge in [0, 0.05) is 6.61 Å². The summed E-state index contributed by atoms with van der Waals surface area (Å²) in [5, 5.41) is 8.83. The topological polar surface area (TPSA) is 55.5 Å². The van der Waals surface area contributed by atoms with Crippen molar-refractivity contribution in [2.45, 2.75) is 25.2 Å². The van der Waals surface area contributed by atoms with Crippen LogP contribution in [0.2, 0.25) is 0 Å². The van der Waals surface area contributed by atoms with Gasteiger partial charge in [0.1, 0.15) is 0 Å². The van der Waals surface area contributed by atoms with Crippen molar-refractivity contribution in [1.29, 1.82) is 0 Å². The third kappa shape index (κ3) is 1.18. The predicted octanol–water partition coefficient (Wildman–Crippen LogP) is -0.558. The molecule has 3 nitrogen and oxygen atoms in total. The van der Waals surface area contributed by atoms with Crippen LogP contribution < -0.4 is 5.73 Å². The van der Waals surface area contributed by atoms with Gasteiger partial charge in [0.05, 0.1) is 6.04 Å². The van der Waals surface area contributed by atoms with Crippen LogP contribution in [0.1, 0.15) is 12.8 Å². The Kier molecular flexibility index (Phi) is 1.83. The van der Waals surface area contributed by atoms with Crippen LogP contribution >= 0.6 is 0 Å². The van der Waals surface area contributed by atoms with E-state index in [-0.39, 0.29) is 6.04 Å². The molecule has 0 amide bonds. The summed E-state index contributed by atoms with van der Waals surface area (Å²) in [7, 11) is 0. The van der Waals surface area contributed by atoms with E-state index >= 15 is 0 Å². The largest absolute Gasteiger partial charge is 0.367 e. The molecule has 1 aliphatic heterocycles. The Labute approximate surface area is 48.4 Å². The second kappa shape index (κ2) is 2.44. The van der Waals surface area contributed by atoms with Crippen LogP contribution in [0.3, 0.4) is 0 Å². The van der Waals surface area contributed by atoms with Crippen molar-refractivity contribution < 1.29 is 9.84 Å². The van der Waals surface area contributed by atoms with Gasteiger partial charge in [-0.2, -0.15) is 0 Å². The van der Waals surface area contributed by atoms with Crippen LogP contribution in [0.4, 0.5) is 0 Å². The average Bonchev–Trinajstić information content (AvgIpc) is 1.77. The van der Waals surface area contributed by atoms with E-state index in [1.165, 1.54) is 0 Å². The highest BCUT2D eigenvalue weighted by Gasteiger charge is 2.18. The number of rotatable bonds is 0. The normalized spacial score (nSPS) is 39.8. The Morgan fingerprint density at radius 1 is 1.62 bits per heavy atom. The van der Waals surface area contributed by atoms with Crippen molar-refractivity contribution in [1.82, 2.24) is 0 Å². The standard InChI is InChI=1S/C5H11NO2/c6-4-2-1-3-8-5(4)7/h4-5,7H,1-3,6H2/t4-,5?/m1/s1. The third-order valence-corrected chi connectivity index (χ3v) is 1.34. The quantitative estimate of drug-likeness (QED) is 0.447. The van der Waals surface area contributed by atoms with Gasteiger partial charge in [0.2, 0.25) is 0 Å². The van der Waals surface area contributed by atoms with E-state index < -0.39 is 6.29 Å². The Balaban J connectivity index is 2.28. The Bertz CT molecular complexity index is 66.8. The number of hydrogen-bond donors (Lipinski definition) is 2. The van der Waals surface area contributed by atoms with E-state index in [1.54, 1.807) is 0 Å². The molecule has 0 aromatic rings. The SMILES string of the molecule is N[C@@H]1CCCOC1O. The molecule has 2 atom stereocenters. The van der Waals surface area contributed by atoms with Crippen LogP contribution in [0.25, 0.3) is 0 Å². The van der Waals surface area contributed by atoms with E-state index in [0.29, 0.717) is 6.61 Å². The molecule has 1 fully saturated rings. The molecule has 1 saturated heterocycles. The second-order valence-electron chi connectivity index (χ2n) is 2.07. The minimum atomic E-state index is -0.719. The van der Waals surface area contributed by atoms with Crippen molar-refractivity contribution in [3.8, 4) is 0 Å². The molecule has 0 aromatic heterocycles. The third-order valence-electron chi connectivity index (χ3n) is 1.34. The van der Waals surface area contributed by atoms with Crippen molar-refractivity contribution in [2.24, 2.45) is 5.73 Å². The van der Waals surface area contributed by atoms with Crippen LogP contribution in [0.15, 0.2) is 0 Å². The van der Waals surface area contributed by atoms with E-state index in [4.69, 9.17) is 15.6 Å². The first-order valence-electron chi connectivity index (χ1n) is 2.86. The highest BCUT2D eigenvalue weighted by molar-refractivity contribution is 4.67. The fourth-order valence-corrected chi connectivity index (χ4v) is 0.789. The number of aliphatic hydroxyl groups excluding tert-OH is 1. The maximum absolute atomic E-state index is 8.83. The Morgan fingerprint density at radius 2 is 2.38 bits per heavy atom. The molecule has 0 bridgehead atoms. The van der Waals surface area contributed by atoms with Crippen molar-refractivity contribution in [3.05, 3.63) is 0 Å². The smallest absolute Gasteiger partial charge is 0.169 e. The lowest BCUT2D eigenvalue weighted by Gasteiger charge is -2.23. The van der Waals surface area contributed by atoms with Gasteiger partial charge in [-0.25, -0.2) is 0 Å². The fraction of sp³-hybridized carbons (Fsp3) is 1.00. The van der Waals surface area contributed by atoms with Gasteiger partial charge in [0.25, 0.3) is 0 Å². The highest BCUT2D eigenvalue weighted by atomic mass is 16.6. The zero-order chi connectivity index (χ0) is 5.98. The summed E-state index contributed by atoms with van der Waals surface area (Å²) >= 11 is 0. The predicted molar refractivity (Wildman–Crippen MR) is 29.2 cm³/mol. The number of ether oxygens (including phenoxy) is 1. The molecule has 1 unspecified atom stereocenters. The molecule has 8 heavy (non-hydrogen) atoms. The number of hydrogen-bond acceptors (Lipinski definition) is 3. The fourth-order valence-electron chi connectivity index (χ4n) is 0.789. The summed E-state index contributed by atoms with van der Waals surface area (Å²) in [4.78, 5) is 0. The van der Waals surface area contributed by atoms with E-state index in [2.05, 4.69) is 0 Å². The molecular weight excluding hydrogens is 106 g/mol. The molecule has 48 valence electrons. The van der Waals surface area contributed by atoms with E-state index in [1.807, 2.05) is 0 Å². The summed E-state index contributed by atoms with van der Waals surface area (Å²) in [6.45, 7) is 0.648. The summed E-state index contributed by atoms with van der Waals surface area (Å²) < 4.78 is 4.82. The van der Waals surface area contributed by atoms with Gasteiger partial charge in [0.15, 0.2) is 6.29 Å². The van der Waals surface area contributed by atoms with E-state index in [9.17, 15) is 0 Å². The van der Waals surface area contributed by atoms with E-state index in [0.717, 1.165) is 12.8 Å². The van der Waals surface area contributed by atoms with Gasteiger partial charge in [-0.3, -0.25) is 0 Å². The summed E-state index contributed by atoms with van der Waals surface area (Å²) in [6, 6.07) is -0.163. The van der Waals surface area contributed by atoms with Gasteiger partial charge in [-0.05, 0) is 12.8 Å². The molecule has 1 heterocycles. The molecule has 0 aliphatic carbocycles. The zero-order valence-corrected chi connectivity index (χ0v) is 4.71. The molecular formula is C5H11NO2. The van der Waals surface area contributed by atoms with Crippen molar-refractivity contribution >= 4 is 0 Å². The van der Waals surface area contributed by atoms with Crippen LogP contribution in [-0.2, 0) is 4.74 Å². The molecule has 1 aliphatic rings. The molecule has 1 rings (SSSR count). The summed E-state index contributed by atoms with van der Waals surface area (Å²) in [5.74, 6) is 0. The van der Waals surface area contributed by atoms with Crippen LogP contribution in [0, 0.1) is 0 Å². The Hall–Kier alpha value is -0.120. The lowest BCUT2D eigenvalue weighted by Crippen LogP contribution is -2.40. The highest BCUT2D eigenvalue weighted by Crippen LogP contribution is 2.08. The minimum absolute atomic E-state index is 0.163. The molecule has 0 aromatic carbocycles. The summed E-state index contributed by atoms with van der Waals surface area (Å²) in [6.07, 6.45) is 1.13. The average molecular weight is 117 g/mol. The molecule has 0 radical (unpaired) electrons. The first-order valence-corrected chi connectivity index (χ1v) is 2.86. The van der Waals surface area contributed by atoms with Crippen molar-refractivity contribution in [3.63, 3.8) is 0 Å². The zero-order valence-electron chi connectivity index (χ0n) is 4.71. The van der Waals surface area contributed by atoms with Crippen LogP contribution in [-0.4, -0.2) is 24.0 Å². The number of aliphatic hydroxyl groups is 1. The maximum Gasteiger partial charge on any atom is 0.169 e. The summed E-state index contributed by atoms with van der Waals surface area (Å²) in [5.41, 5.74) is 5.40. The molecule has 3 N–H and O–H groups in total. The maximum atomic E-state index is 8.83. The Morgan fingerprint density at radius 3 is 2.75 bits per heavy atom. The van der Waals surface area contributed by atoms with Gasteiger partial charge in [-0.1, -0.05) is 0 Å². The van der Waals surface area contributed by atoms with Crippen LogP contribution in [0.5, 0.6) is 0 Å². The monoisotopic (exact) mass is 117 g/mol. The molecule has 3 heteroatoms. The minimum Gasteiger partial charge on any atom is -0.367 e. The first-order chi connectivity index (χ1) is 3.80.